The number of hydrogen-bond donors (Lipinski definition) is 1. The molecular weight excluding hydrogens is 228 g/mol. The molecule has 1 amide bonds. The van der Waals surface area contributed by atoms with E-state index in [0.717, 1.165) is 5.56 Å². The van der Waals surface area contributed by atoms with Gasteiger partial charge in [-0.3, -0.25) is 4.79 Å². The molecule has 0 fully saturated rings. The molecule has 0 spiro atoms. The maximum absolute atomic E-state index is 11.6. The second kappa shape index (κ2) is 4.81. The zero-order valence-corrected chi connectivity index (χ0v) is 9.07. The first-order chi connectivity index (χ1) is 7.75. The van der Waals surface area contributed by atoms with Crippen LogP contribution in [-0.2, 0) is 6.54 Å². The van der Waals surface area contributed by atoms with Gasteiger partial charge in [0.05, 0.1) is 12.5 Å². The minimum Gasteiger partial charge on any atom is -0.472 e. The standard InChI is InChI=1S/C11H9ClN2O2/c12-10-3-1-2-9(14-10)11(15)13-6-8-4-5-16-7-8/h1-5,7H,6H2,(H,13,15). The summed E-state index contributed by atoms with van der Waals surface area (Å²) >= 11 is 5.68. The molecule has 0 bridgehead atoms. The summed E-state index contributed by atoms with van der Waals surface area (Å²) in [5.41, 5.74) is 1.20. The highest BCUT2D eigenvalue weighted by Crippen LogP contribution is 2.05. The number of carbonyl (C=O) groups is 1. The molecular formula is C11H9ClN2O2. The van der Waals surface area contributed by atoms with Gasteiger partial charge in [-0.25, -0.2) is 4.98 Å². The molecule has 1 N–H and O–H groups in total. The molecule has 82 valence electrons. The van der Waals surface area contributed by atoms with Crippen molar-refractivity contribution in [3.05, 3.63) is 53.2 Å². The summed E-state index contributed by atoms with van der Waals surface area (Å²) in [5, 5.41) is 3.01. The number of amides is 1. The number of rotatable bonds is 3. The largest absolute Gasteiger partial charge is 0.472 e. The zero-order chi connectivity index (χ0) is 11.4. The second-order valence-corrected chi connectivity index (χ2v) is 3.55. The highest BCUT2D eigenvalue weighted by molar-refractivity contribution is 6.29. The molecule has 0 unspecified atom stereocenters. The van der Waals surface area contributed by atoms with Gasteiger partial charge in [-0.05, 0) is 18.2 Å². The van der Waals surface area contributed by atoms with Crippen LogP contribution in [-0.4, -0.2) is 10.9 Å². The van der Waals surface area contributed by atoms with Gasteiger partial charge < -0.3 is 9.73 Å². The average molecular weight is 237 g/mol. The molecule has 0 atom stereocenters. The van der Waals surface area contributed by atoms with Crippen LogP contribution >= 0.6 is 11.6 Å². The molecule has 16 heavy (non-hydrogen) atoms. The molecule has 0 saturated carbocycles. The van der Waals surface area contributed by atoms with E-state index in [0.29, 0.717) is 17.4 Å². The Hall–Kier alpha value is -1.81. The van der Waals surface area contributed by atoms with Crippen LogP contribution in [0.5, 0.6) is 0 Å². The Labute approximate surface area is 97.2 Å². The lowest BCUT2D eigenvalue weighted by Crippen LogP contribution is -2.23. The topological polar surface area (TPSA) is 55.1 Å². The predicted molar refractivity (Wildman–Crippen MR) is 59.1 cm³/mol. The Morgan fingerprint density at radius 1 is 1.44 bits per heavy atom. The quantitative estimate of drug-likeness (QED) is 0.832. The zero-order valence-electron chi connectivity index (χ0n) is 8.31. The highest BCUT2D eigenvalue weighted by atomic mass is 35.5. The van der Waals surface area contributed by atoms with E-state index in [4.69, 9.17) is 16.0 Å². The van der Waals surface area contributed by atoms with Crippen LogP contribution in [0.1, 0.15) is 16.1 Å². The molecule has 0 saturated heterocycles. The van der Waals surface area contributed by atoms with E-state index >= 15 is 0 Å². The normalized spacial score (nSPS) is 10.1. The molecule has 0 aliphatic rings. The maximum atomic E-state index is 11.6. The molecule has 5 heteroatoms. The first-order valence-electron chi connectivity index (χ1n) is 4.67. The third-order valence-electron chi connectivity index (χ3n) is 1.98. The number of carbonyl (C=O) groups excluding carboxylic acids is 1. The number of hydrogen-bond acceptors (Lipinski definition) is 3. The van der Waals surface area contributed by atoms with E-state index < -0.39 is 0 Å². The van der Waals surface area contributed by atoms with Crippen molar-refractivity contribution in [3.8, 4) is 0 Å². The fourth-order valence-electron chi connectivity index (χ4n) is 1.20. The van der Waals surface area contributed by atoms with Gasteiger partial charge in [0.15, 0.2) is 0 Å². The minimum absolute atomic E-state index is 0.260. The van der Waals surface area contributed by atoms with Gasteiger partial charge in [-0.2, -0.15) is 0 Å². The third-order valence-corrected chi connectivity index (χ3v) is 2.19. The predicted octanol–water partition coefficient (Wildman–Crippen LogP) is 2.26. The molecule has 0 aliphatic heterocycles. The van der Waals surface area contributed by atoms with E-state index in [2.05, 4.69) is 10.3 Å². The van der Waals surface area contributed by atoms with Crippen LogP contribution in [0.3, 0.4) is 0 Å². The number of aromatic nitrogens is 1. The number of furan rings is 1. The molecule has 4 nitrogen and oxygen atoms in total. The molecule has 2 aromatic rings. The smallest absolute Gasteiger partial charge is 0.270 e. The second-order valence-electron chi connectivity index (χ2n) is 3.16. The summed E-state index contributed by atoms with van der Waals surface area (Å²) in [4.78, 5) is 15.5. The summed E-state index contributed by atoms with van der Waals surface area (Å²) in [6, 6.07) is 6.69. The summed E-state index contributed by atoms with van der Waals surface area (Å²) in [5.74, 6) is -0.260. The van der Waals surface area contributed by atoms with Gasteiger partial charge in [0, 0.05) is 12.1 Å². The van der Waals surface area contributed by atoms with Crippen molar-refractivity contribution in [1.82, 2.24) is 10.3 Å². The maximum Gasteiger partial charge on any atom is 0.270 e. The van der Waals surface area contributed by atoms with E-state index in [1.807, 2.05) is 0 Å². The number of halogens is 1. The number of nitrogens with one attached hydrogen (secondary N) is 1. The lowest BCUT2D eigenvalue weighted by molar-refractivity contribution is 0.0946. The Morgan fingerprint density at radius 3 is 3.00 bits per heavy atom. The van der Waals surface area contributed by atoms with Crippen LogP contribution in [0, 0.1) is 0 Å². The molecule has 0 radical (unpaired) electrons. The van der Waals surface area contributed by atoms with Crippen molar-refractivity contribution < 1.29 is 9.21 Å². The van der Waals surface area contributed by atoms with Crippen LogP contribution in [0.2, 0.25) is 5.15 Å². The lowest BCUT2D eigenvalue weighted by Gasteiger charge is -2.02. The molecule has 0 aliphatic carbocycles. The first kappa shape index (κ1) is 10.7. The highest BCUT2D eigenvalue weighted by Gasteiger charge is 2.07. The minimum atomic E-state index is -0.260. The Balaban J connectivity index is 1.98. The fourth-order valence-corrected chi connectivity index (χ4v) is 1.36. The van der Waals surface area contributed by atoms with Gasteiger partial charge in [0.2, 0.25) is 0 Å². The van der Waals surface area contributed by atoms with Crippen LogP contribution in [0.4, 0.5) is 0 Å². The van der Waals surface area contributed by atoms with Gasteiger partial charge in [0.25, 0.3) is 5.91 Å². The summed E-state index contributed by atoms with van der Waals surface area (Å²) in [6.07, 6.45) is 3.13. The van der Waals surface area contributed by atoms with Crippen LogP contribution in [0.25, 0.3) is 0 Å². The number of pyridine rings is 1. The van der Waals surface area contributed by atoms with Gasteiger partial charge in [-0.1, -0.05) is 17.7 Å². The van der Waals surface area contributed by atoms with Crippen molar-refractivity contribution in [2.45, 2.75) is 6.54 Å². The van der Waals surface area contributed by atoms with Crippen LogP contribution < -0.4 is 5.32 Å². The Bertz CT molecular complexity index is 482. The van der Waals surface area contributed by atoms with Crippen molar-refractivity contribution in [3.63, 3.8) is 0 Å². The van der Waals surface area contributed by atoms with Gasteiger partial charge >= 0.3 is 0 Å². The Morgan fingerprint density at radius 2 is 2.31 bits per heavy atom. The van der Waals surface area contributed by atoms with E-state index in [1.54, 1.807) is 36.8 Å². The van der Waals surface area contributed by atoms with Crippen LogP contribution in [0.15, 0.2) is 41.2 Å². The van der Waals surface area contributed by atoms with Crippen molar-refractivity contribution in [1.29, 1.82) is 0 Å². The monoisotopic (exact) mass is 236 g/mol. The molecule has 2 rings (SSSR count). The van der Waals surface area contributed by atoms with Gasteiger partial charge in [0.1, 0.15) is 10.8 Å². The van der Waals surface area contributed by atoms with Gasteiger partial charge in [-0.15, -0.1) is 0 Å². The van der Waals surface area contributed by atoms with Crippen molar-refractivity contribution in [2.75, 3.05) is 0 Å². The third kappa shape index (κ3) is 2.61. The Kier molecular flexibility index (Phi) is 3.22. The summed E-state index contributed by atoms with van der Waals surface area (Å²) < 4.78 is 4.88. The summed E-state index contributed by atoms with van der Waals surface area (Å²) in [6.45, 7) is 0.406. The average Bonchev–Trinajstić information content (AvgIpc) is 2.78. The van der Waals surface area contributed by atoms with E-state index in [9.17, 15) is 4.79 Å². The fraction of sp³-hybridized carbons (Fsp3) is 0.0909. The lowest BCUT2D eigenvalue weighted by atomic mass is 10.3. The van der Waals surface area contributed by atoms with Crippen molar-refractivity contribution in [2.24, 2.45) is 0 Å². The number of nitrogens with zero attached hydrogens (tertiary/aromatic N) is 1. The summed E-state index contributed by atoms with van der Waals surface area (Å²) in [7, 11) is 0. The SMILES string of the molecule is O=C(NCc1ccoc1)c1cccc(Cl)n1. The van der Waals surface area contributed by atoms with Crippen molar-refractivity contribution >= 4 is 17.5 Å². The molecule has 2 heterocycles. The van der Waals surface area contributed by atoms with E-state index in [-0.39, 0.29) is 5.91 Å². The molecule has 2 aromatic heterocycles. The molecule has 0 aromatic carbocycles. The first-order valence-corrected chi connectivity index (χ1v) is 5.05. The van der Waals surface area contributed by atoms with E-state index in [1.165, 1.54) is 0 Å².